The third-order valence-electron chi connectivity index (χ3n) is 3.02. The van der Waals surface area contributed by atoms with E-state index < -0.39 is 0 Å². The maximum atomic E-state index is 12.0. The molecular weight excluding hydrogens is 282 g/mol. The predicted octanol–water partition coefficient (Wildman–Crippen LogP) is 3.14. The van der Waals surface area contributed by atoms with Gasteiger partial charge in [-0.15, -0.1) is 0 Å². The van der Waals surface area contributed by atoms with Crippen LogP contribution in [0, 0.1) is 0 Å². The lowest BCUT2D eigenvalue weighted by molar-refractivity contribution is 0.0950. The summed E-state index contributed by atoms with van der Waals surface area (Å²) in [6.07, 6.45) is 5.04. The second kappa shape index (κ2) is 6.28. The van der Waals surface area contributed by atoms with Gasteiger partial charge in [0.1, 0.15) is 0 Å². The minimum absolute atomic E-state index is 0.136. The molecule has 21 heavy (non-hydrogen) atoms. The summed E-state index contributed by atoms with van der Waals surface area (Å²) < 4.78 is 0. The predicted molar refractivity (Wildman–Crippen MR) is 83.0 cm³/mol. The van der Waals surface area contributed by atoms with Crippen LogP contribution < -0.4 is 5.32 Å². The molecule has 0 aliphatic heterocycles. The van der Waals surface area contributed by atoms with Gasteiger partial charge in [-0.05, 0) is 35.2 Å². The van der Waals surface area contributed by atoms with Gasteiger partial charge in [0.25, 0.3) is 5.91 Å². The molecule has 104 valence electrons. The first-order valence-electron chi connectivity index (χ1n) is 6.48. The van der Waals surface area contributed by atoms with Crippen LogP contribution in [-0.4, -0.2) is 15.9 Å². The normalized spacial score (nSPS) is 10.3. The molecule has 1 N–H and O–H groups in total. The fourth-order valence-electron chi connectivity index (χ4n) is 1.90. The average molecular weight is 295 g/mol. The SMILES string of the molecule is O=C(NCc1cccnc1)c1ccc(-c2ccsc2)nc1. The van der Waals surface area contributed by atoms with E-state index in [2.05, 4.69) is 15.3 Å². The van der Waals surface area contributed by atoms with E-state index in [9.17, 15) is 4.79 Å². The third-order valence-corrected chi connectivity index (χ3v) is 3.70. The zero-order chi connectivity index (χ0) is 14.5. The summed E-state index contributed by atoms with van der Waals surface area (Å²) in [5.74, 6) is -0.136. The molecule has 0 radical (unpaired) electrons. The van der Waals surface area contributed by atoms with Gasteiger partial charge in [-0.25, -0.2) is 0 Å². The Morgan fingerprint density at radius 1 is 1.19 bits per heavy atom. The summed E-state index contributed by atoms with van der Waals surface area (Å²) in [6, 6.07) is 9.43. The number of pyridine rings is 2. The number of rotatable bonds is 4. The fraction of sp³-hybridized carbons (Fsp3) is 0.0625. The number of hydrogen-bond acceptors (Lipinski definition) is 4. The maximum Gasteiger partial charge on any atom is 0.253 e. The van der Waals surface area contributed by atoms with E-state index in [1.165, 1.54) is 0 Å². The molecule has 0 bridgehead atoms. The van der Waals surface area contributed by atoms with Gasteiger partial charge in [0.2, 0.25) is 0 Å². The Kier molecular flexibility index (Phi) is 4.02. The lowest BCUT2D eigenvalue weighted by atomic mass is 10.2. The molecule has 3 aromatic rings. The topological polar surface area (TPSA) is 54.9 Å². The standard InChI is InChI=1S/C16H13N3OS/c20-16(19-9-12-2-1-6-17-8-12)13-3-4-15(18-10-13)14-5-7-21-11-14/h1-8,10-11H,9H2,(H,19,20). The zero-order valence-corrected chi connectivity index (χ0v) is 12.0. The van der Waals surface area contributed by atoms with Crippen molar-refractivity contribution in [1.82, 2.24) is 15.3 Å². The number of amides is 1. The van der Waals surface area contributed by atoms with E-state index >= 15 is 0 Å². The molecule has 1 amide bonds. The van der Waals surface area contributed by atoms with Crippen molar-refractivity contribution in [3.8, 4) is 11.3 Å². The van der Waals surface area contributed by atoms with Crippen LogP contribution in [0.3, 0.4) is 0 Å². The zero-order valence-electron chi connectivity index (χ0n) is 11.2. The van der Waals surface area contributed by atoms with Crippen LogP contribution in [0.5, 0.6) is 0 Å². The molecule has 5 heteroatoms. The summed E-state index contributed by atoms with van der Waals surface area (Å²) >= 11 is 1.63. The first-order valence-corrected chi connectivity index (χ1v) is 7.43. The number of thiophene rings is 1. The number of carbonyl (C=O) groups is 1. The van der Waals surface area contributed by atoms with Gasteiger partial charge in [0.05, 0.1) is 11.3 Å². The fourth-order valence-corrected chi connectivity index (χ4v) is 2.55. The van der Waals surface area contributed by atoms with Crippen LogP contribution in [0.15, 0.2) is 59.7 Å². The molecule has 0 aliphatic carbocycles. The van der Waals surface area contributed by atoms with Gasteiger partial charge in [-0.3, -0.25) is 14.8 Å². The number of nitrogens with one attached hydrogen (secondary N) is 1. The van der Waals surface area contributed by atoms with Crippen LogP contribution in [0.25, 0.3) is 11.3 Å². The molecule has 0 aliphatic rings. The Morgan fingerprint density at radius 2 is 2.14 bits per heavy atom. The van der Waals surface area contributed by atoms with Crippen molar-refractivity contribution in [2.45, 2.75) is 6.54 Å². The Labute approximate surface area is 126 Å². The first-order chi connectivity index (χ1) is 10.3. The molecule has 0 aromatic carbocycles. The van der Waals surface area contributed by atoms with Gasteiger partial charge in [0, 0.05) is 36.1 Å². The molecule has 3 aromatic heterocycles. The summed E-state index contributed by atoms with van der Waals surface area (Å²) in [5, 5.41) is 6.89. The molecule has 3 heterocycles. The average Bonchev–Trinajstić information content (AvgIpc) is 3.08. The van der Waals surface area contributed by atoms with Crippen LogP contribution in [-0.2, 0) is 6.54 Å². The lowest BCUT2D eigenvalue weighted by Gasteiger charge is -2.05. The van der Waals surface area contributed by atoms with Crippen LogP contribution in [0.4, 0.5) is 0 Å². The molecule has 0 saturated heterocycles. The summed E-state index contributed by atoms with van der Waals surface area (Å²) in [7, 11) is 0. The Balaban J connectivity index is 1.65. The number of aromatic nitrogens is 2. The van der Waals surface area contributed by atoms with Gasteiger partial charge >= 0.3 is 0 Å². The van der Waals surface area contributed by atoms with Gasteiger partial charge < -0.3 is 5.32 Å². The second-order valence-corrected chi connectivity index (χ2v) is 5.27. The number of nitrogens with zero attached hydrogens (tertiary/aromatic N) is 2. The van der Waals surface area contributed by atoms with Crippen molar-refractivity contribution in [3.05, 3.63) is 70.8 Å². The van der Waals surface area contributed by atoms with E-state index in [-0.39, 0.29) is 5.91 Å². The molecule has 3 rings (SSSR count). The quantitative estimate of drug-likeness (QED) is 0.804. The van der Waals surface area contributed by atoms with Gasteiger partial charge in [-0.1, -0.05) is 6.07 Å². The Bertz CT molecular complexity index is 709. The number of hydrogen-bond donors (Lipinski definition) is 1. The largest absolute Gasteiger partial charge is 0.348 e. The first kappa shape index (κ1) is 13.5. The van der Waals surface area contributed by atoms with Crippen LogP contribution >= 0.6 is 11.3 Å². The van der Waals surface area contributed by atoms with Crippen molar-refractivity contribution < 1.29 is 4.79 Å². The van der Waals surface area contributed by atoms with Crippen LogP contribution in [0.2, 0.25) is 0 Å². The molecule has 0 fully saturated rings. The van der Waals surface area contributed by atoms with Crippen LogP contribution in [0.1, 0.15) is 15.9 Å². The van der Waals surface area contributed by atoms with Crippen molar-refractivity contribution >= 4 is 17.2 Å². The summed E-state index contributed by atoms with van der Waals surface area (Å²) in [4.78, 5) is 20.4. The second-order valence-electron chi connectivity index (χ2n) is 4.49. The minimum atomic E-state index is -0.136. The minimum Gasteiger partial charge on any atom is -0.348 e. The van der Waals surface area contributed by atoms with Gasteiger partial charge in [-0.2, -0.15) is 11.3 Å². The smallest absolute Gasteiger partial charge is 0.253 e. The number of carbonyl (C=O) groups excluding carboxylic acids is 1. The molecule has 0 atom stereocenters. The monoisotopic (exact) mass is 295 g/mol. The molecule has 0 saturated carbocycles. The Morgan fingerprint density at radius 3 is 2.81 bits per heavy atom. The Hall–Kier alpha value is -2.53. The highest BCUT2D eigenvalue weighted by molar-refractivity contribution is 7.08. The van der Waals surface area contributed by atoms with E-state index in [4.69, 9.17) is 0 Å². The lowest BCUT2D eigenvalue weighted by Crippen LogP contribution is -2.22. The highest BCUT2D eigenvalue weighted by atomic mass is 32.1. The molecule has 0 spiro atoms. The van der Waals surface area contributed by atoms with Crippen molar-refractivity contribution in [2.24, 2.45) is 0 Å². The van der Waals surface area contributed by atoms with Gasteiger partial charge in [0.15, 0.2) is 0 Å². The van der Waals surface area contributed by atoms with Crippen molar-refractivity contribution in [1.29, 1.82) is 0 Å². The van der Waals surface area contributed by atoms with Crippen molar-refractivity contribution in [2.75, 3.05) is 0 Å². The van der Waals surface area contributed by atoms with Crippen molar-refractivity contribution in [3.63, 3.8) is 0 Å². The van der Waals surface area contributed by atoms with E-state index in [1.54, 1.807) is 36.0 Å². The molecule has 4 nitrogen and oxygen atoms in total. The molecular formula is C16H13N3OS. The van der Waals surface area contributed by atoms with E-state index in [0.29, 0.717) is 12.1 Å². The summed E-state index contributed by atoms with van der Waals surface area (Å²) in [5.41, 5.74) is 3.47. The highest BCUT2D eigenvalue weighted by Gasteiger charge is 2.07. The third kappa shape index (κ3) is 3.32. The summed E-state index contributed by atoms with van der Waals surface area (Å²) in [6.45, 7) is 0.457. The molecule has 0 unspecified atom stereocenters. The van der Waals surface area contributed by atoms with E-state index in [0.717, 1.165) is 16.8 Å². The maximum absolute atomic E-state index is 12.0. The van der Waals surface area contributed by atoms with E-state index in [1.807, 2.05) is 35.0 Å². The highest BCUT2D eigenvalue weighted by Crippen LogP contribution is 2.19.